The second-order valence-corrected chi connectivity index (χ2v) is 3.97. The van der Waals surface area contributed by atoms with E-state index < -0.39 is 0 Å². The quantitative estimate of drug-likeness (QED) is 0.743. The van der Waals surface area contributed by atoms with E-state index >= 15 is 0 Å². The molecule has 0 saturated heterocycles. The maximum Gasteiger partial charge on any atom is 0.254 e. The van der Waals surface area contributed by atoms with Gasteiger partial charge in [-0.3, -0.25) is 4.79 Å². The Morgan fingerprint density at radius 3 is 2.76 bits per heavy atom. The third-order valence-corrected chi connectivity index (χ3v) is 2.37. The van der Waals surface area contributed by atoms with Crippen LogP contribution in [0.25, 0.3) is 0 Å². The van der Waals surface area contributed by atoms with Crippen molar-refractivity contribution in [1.82, 2.24) is 4.90 Å². The third-order valence-electron chi connectivity index (χ3n) is 2.37. The van der Waals surface area contributed by atoms with Gasteiger partial charge in [0.25, 0.3) is 5.91 Å². The molecule has 0 bridgehead atoms. The topological polar surface area (TPSA) is 44.1 Å². The van der Waals surface area contributed by atoms with Gasteiger partial charge in [-0.25, -0.2) is 0 Å². The Balaban J connectivity index is 2.94. The summed E-state index contributed by atoms with van der Waals surface area (Å²) in [5.41, 5.74) is 1.99. The van der Waals surface area contributed by atoms with Gasteiger partial charge in [-0.05, 0) is 32.0 Å². The molecule has 1 aromatic carbocycles. The van der Waals surface area contributed by atoms with Crippen molar-refractivity contribution in [2.45, 2.75) is 13.8 Å². The summed E-state index contributed by atoms with van der Waals surface area (Å²) in [6.45, 7) is 8.80. The maximum atomic E-state index is 12.2. The standard InChI is InChI=1S/C14H16N2O/c1-4-16(10-11(2)3)14(17)13-7-5-6-12(8-13)9-15/h5-8H,2,4,10H2,1,3H3. The molecule has 1 aromatic rings. The SMILES string of the molecule is C=C(C)CN(CC)C(=O)c1cccc(C#N)c1. The number of hydrogen-bond donors (Lipinski definition) is 0. The van der Waals surface area contributed by atoms with Crippen molar-refractivity contribution in [3.05, 3.63) is 47.5 Å². The summed E-state index contributed by atoms with van der Waals surface area (Å²) in [6, 6.07) is 8.78. The first-order chi connectivity index (χ1) is 8.08. The van der Waals surface area contributed by atoms with Crippen molar-refractivity contribution in [2.24, 2.45) is 0 Å². The second kappa shape index (κ2) is 5.86. The van der Waals surface area contributed by atoms with Crippen LogP contribution in [-0.2, 0) is 0 Å². The van der Waals surface area contributed by atoms with Crippen LogP contribution in [0.15, 0.2) is 36.4 Å². The first-order valence-corrected chi connectivity index (χ1v) is 5.52. The lowest BCUT2D eigenvalue weighted by atomic mass is 10.1. The van der Waals surface area contributed by atoms with Gasteiger partial charge in [0.05, 0.1) is 11.6 Å². The molecule has 0 N–H and O–H groups in total. The largest absolute Gasteiger partial charge is 0.335 e. The van der Waals surface area contributed by atoms with Gasteiger partial charge < -0.3 is 4.90 Å². The summed E-state index contributed by atoms with van der Waals surface area (Å²) in [4.78, 5) is 13.9. The van der Waals surface area contributed by atoms with Crippen LogP contribution in [0.1, 0.15) is 29.8 Å². The summed E-state index contributed by atoms with van der Waals surface area (Å²) >= 11 is 0. The number of hydrogen-bond acceptors (Lipinski definition) is 2. The molecule has 0 aliphatic heterocycles. The highest BCUT2D eigenvalue weighted by molar-refractivity contribution is 5.94. The highest BCUT2D eigenvalue weighted by Gasteiger charge is 2.14. The van der Waals surface area contributed by atoms with Crippen molar-refractivity contribution in [2.75, 3.05) is 13.1 Å². The molecule has 17 heavy (non-hydrogen) atoms. The first-order valence-electron chi connectivity index (χ1n) is 5.52. The van der Waals surface area contributed by atoms with Crippen LogP contribution in [0.4, 0.5) is 0 Å². The molecule has 88 valence electrons. The summed E-state index contributed by atoms with van der Waals surface area (Å²) in [5, 5.41) is 8.80. The minimum atomic E-state index is -0.0624. The van der Waals surface area contributed by atoms with Gasteiger partial charge in [-0.2, -0.15) is 5.26 Å². The van der Waals surface area contributed by atoms with E-state index in [9.17, 15) is 4.79 Å². The molecule has 0 atom stereocenters. The Morgan fingerprint density at radius 2 is 2.24 bits per heavy atom. The first kappa shape index (κ1) is 13.0. The molecule has 0 heterocycles. The zero-order valence-electron chi connectivity index (χ0n) is 10.2. The molecule has 0 unspecified atom stereocenters. The van der Waals surface area contributed by atoms with Crippen LogP contribution >= 0.6 is 0 Å². The molecule has 0 aliphatic rings. The van der Waals surface area contributed by atoms with Crippen molar-refractivity contribution >= 4 is 5.91 Å². The van der Waals surface area contributed by atoms with E-state index in [0.29, 0.717) is 24.2 Å². The van der Waals surface area contributed by atoms with Gasteiger partial charge in [0.15, 0.2) is 0 Å². The fraction of sp³-hybridized carbons (Fsp3) is 0.286. The van der Waals surface area contributed by atoms with Crippen LogP contribution in [0.3, 0.4) is 0 Å². The molecule has 0 fully saturated rings. The number of amides is 1. The van der Waals surface area contributed by atoms with Gasteiger partial charge in [0.2, 0.25) is 0 Å². The molecule has 0 radical (unpaired) electrons. The molecule has 0 aromatic heterocycles. The van der Waals surface area contributed by atoms with Gasteiger partial charge in [0, 0.05) is 18.7 Å². The van der Waals surface area contributed by atoms with Gasteiger partial charge in [-0.15, -0.1) is 0 Å². The minimum Gasteiger partial charge on any atom is -0.335 e. The van der Waals surface area contributed by atoms with Crippen LogP contribution < -0.4 is 0 Å². The van der Waals surface area contributed by atoms with E-state index in [1.165, 1.54) is 0 Å². The van der Waals surface area contributed by atoms with Gasteiger partial charge in [-0.1, -0.05) is 18.2 Å². The molecular weight excluding hydrogens is 212 g/mol. The number of carbonyl (C=O) groups excluding carboxylic acids is 1. The van der Waals surface area contributed by atoms with E-state index in [2.05, 4.69) is 6.58 Å². The average molecular weight is 228 g/mol. The minimum absolute atomic E-state index is 0.0624. The number of benzene rings is 1. The Bertz CT molecular complexity index is 471. The van der Waals surface area contributed by atoms with E-state index in [1.54, 1.807) is 29.2 Å². The fourth-order valence-corrected chi connectivity index (χ4v) is 1.56. The zero-order chi connectivity index (χ0) is 12.8. The highest BCUT2D eigenvalue weighted by atomic mass is 16.2. The monoisotopic (exact) mass is 228 g/mol. The summed E-state index contributed by atoms with van der Waals surface area (Å²) < 4.78 is 0. The lowest BCUT2D eigenvalue weighted by Gasteiger charge is -2.21. The van der Waals surface area contributed by atoms with Crippen LogP contribution in [0.5, 0.6) is 0 Å². The van der Waals surface area contributed by atoms with Crippen LogP contribution in [0.2, 0.25) is 0 Å². The Hall–Kier alpha value is -2.08. The lowest BCUT2D eigenvalue weighted by Crippen LogP contribution is -2.32. The molecule has 0 aliphatic carbocycles. The van der Waals surface area contributed by atoms with Crippen molar-refractivity contribution in [3.63, 3.8) is 0 Å². The predicted octanol–water partition coefficient (Wildman–Crippen LogP) is 2.60. The Kier molecular flexibility index (Phi) is 4.47. The molecule has 0 saturated carbocycles. The van der Waals surface area contributed by atoms with E-state index in [4.69, 9.17) is 5.26 Å². The fourth-order valence-electron chi connectivity index (χ4n) is 1.56. The predicted molar refractivity (Wildman–Crippen MR) is 67.5 cm³/mol. The number of nitrogens with zero attached hydrogens (tertiary/aromatic N) is 2. The number of carbonyl (C=O) groups is 1. The zero-order valence-corrected chi connectivity index (χ0v) is 10.2. The normalized spacial score (nSPS) is 9.47. The van der Waals surface area contributed by atoms with Crippen LogP contribution in [-0.4, -0.2) is 23.9 Å². The van der Waals surface area contributed by atoms with E-state index in [0.717, 1.165) is 5.57 Å². The Morgan fingerprint density at radius 1 is 1.53 bits per heavy atom. The summed E-state index contributed by atoms with van der Waals surface area (Å²) in [6.07, 6.45) is 0. The molecule has 0 spiro atoms. The molecule has 3 nitrogen and oxygen atoms in total. The van der Waals surface area contributed by atoms with Crippen molar-refractivity contribution in [1.29, 1.82) is 5.26 Å². The number of rotatable bonds is 4. The molecule has 1 amide bonds. The second-order valence-electron chi connectivity index (χ2n) is 3.97. The lowest BCUT2D eigenvalue weighted by molar-refractivity contribution is 0.0778. The van der Waals surface area contributed by atoms with Crippen molar-refractivity contribution < 1.29 is 4.79 Å². The van der Waals surface area contributed by atoms with E-state index in [1.807, 2.05) is 19.9 Å². The number of likely N-dealkylation sites (N-methyl/N-ethyl adjacent to an activating group) is 1. The third kappa shape index (κ3) is 3.46. The number of nitriles is 1. The maximum absolute atomic E-state index is 12.2. The Labute approximate surface area is 102 Å². The van der Waals surface area contributed by atoms with Crippen molar-refractivity contribution in [3.8, 4) is 6.07 Å². The van der Waals surface area contributed by atoms with E-state index in [-0.39, 0.29) is 5.91 Å². The molecular formula is C14H16N2O. The smallest absolute Gasteiger partial charge is 0.254 e. The highest BCUT2D eigenvalue weighted by Crippen LogP contribution is 2.09. The molecule has 1 rings (SSSR count). The van der Waals surface area contributed by atoms with Gasteiger partial charge >= 0.3 is 0 Å². The summed E-state index contributed by atoms with van der Waals surface area (Å²) in [5.74, 6) is -0.0624. The average Bonchev–Trinajstić information content (AvgIpc) is 2.35. The van der Waals surface area contributed by atoms with Gasteiger partial charge in [0.1, 0.15) is 0 Å². The van der Waals surface area contributed by atoms with Crippen LogP contribution in [0, 0.1) is 11.3 Å². The molecule has 3 heteroatoms. The summed E-state index contributed by atoms with van der Waals surface area (Å²) in [7, 11) is 0.